The van der Waals surface area contributed by atoms with Crippen molar-refractivity contribution in [1.29, 1.82) is 0 Å². The van der Waals surface area contributed by atoms with Crippen molar-refractivity contribution in [1.82, 2.24) is 4.31 Å². The number of hydrogen-bond acceptors (Lipinski definition) is 4. The zero-order chi connectivity index (χ0) is 16.2. The number of halogens is 1. The van der Waals surface area contributed by atoms with Crippen molar-refractivity contribution >= 4 is 15.7 Å². The molecule has 0 bridgehead atoms. The van der Waals surface area contributed by atoms with Crippen molar-refractivity contribution in [2.75, 3.05) is 13.1 Å². The minimum Gasteiger partial charge on any atom is -0.258 e. The number of nitrogens with zero attached hydrogens (tertiary/aromatic N) is 2. The highest BCUT2D eigenvalue weighted by Gasteiger charge is 2.26. The minimum atomic E-state index is -3.85. The van der Waals surface area contributed by atoms with Gasteiger partial charge in [0.05, 0.1) is 9.82 Å². The van der Waals surface area contributed by atoms with Crippen molar-refractivity contribution in [2.24, 2.45) is 5.92 Å². The van der Waals surface area contributed by atoms with Crippen LogP contribution in [-0.2, 0) is 10.0 Å². The molecule has 0 saturated heterocycles. The van der Waals surface area contributed by atoms with Gasteiger partial charge in [0.2, 0.25) is 15.8 Å². The summed E-state index contributed by atoms with van der Waals surface area (Å²) in [6, 6.07) is 2.64. The Morgan fingerprint density at radius 3 is 2.43 bits per heavy atom. The normalized spacial score (nSPS) is 13.4. The van der Waals surface area contributed by atoms with E-state index in [4.69, 9.17) is 0 Å². The lowest BCUT2D eigenvalue weighted by molar-refractivity contribution is -0.387. The first kappa shape index (κ1) is 17.5. The second kappa shape index (κ2) is 6.95. The van der Waals surface area contributed by atoms with Crippen molar-refractivity contribution in [3.8, 4) is 0 Å². The summed E-state index contributed by atoms with van der Waals surface area (Å²) in [5.41, 5.74) is -0.737. The summed E-state index contributed by atoms with van der Waals surface area (Å²) in [5, 5.41) is 10.6. The monoisotopic (exact) mass is 318 g/mol. The fraction of sp³-hybridized carbons (Fsp3) is 0.538. The van der Waals surface area contributed by atoms with E-state index in [9.17, 15) is 22.9 Å². The Morgan fingerprint density at radius 2 is 2.00 bits per heavy atom. The molecule has 1 rings (SSSR count). The van der Waals surface area contributed by atoms with Gasteiger partial charge in [-0.05, 0) is 12.0 Å². The number of rotatable bonds is 7. The SMILES string of the molecule is CCC(C)CN(CC)S(=O)(=O)c1ccc([N+](=O)[O-])c(F)c1. The van der Waals surface area contributed by atoms with E-state index in [1.54, 1.807) is 6.92 Å². The fourth-order valence-corrected chi connectivity index (χ4v) is 3.40. The quantitative estimate of drug-likeness (QED) is 0.572. The predicted octanol–water partition coefficient (Wildman–Crippen LogP) is 2.79. The summed E-state index contributed by atoms with van der Waals surface area (Å²) >= 11 is 0. The molecule has 1 atom stereocenters. The fourth-order valence-electron chi connectivity index (χ4n) is 1.82. The van der Waals surface area contributed by atoms with Crippen LogP contribution in [0.5, 0.6) is 0 Å². The zero-order valence-electron chi connectivity index (χ0n) is 12.2. The first-order chi connectivity index (χ1) is 9.73. The number of nitro benzene ring substituents is 1. The molecular formula is C13H19FN2O4S. The van der Waals surface area contributed by atoms with Crippen molar-refractivity contribution in [3.05, 3.63) is 34.1 Å². The van der Waals surface area contributed by atoms with E-state index in [-0.39, 0.29) is 17.4 Å². The molecule has 0 saturated carbocycles. The van der Waals surface area contributed by atoms with E-state index in [1.165, 1.54) is 4.31 Å². The molecule has 1 aromatic carbocycles. The van der Waals surface area contributed by atoms with Gasteiger partial charge in [-0.3, -0.25) is 10.1 Å². The molecule has 0 aliphatic carbocycles. The molecule has 0 spiro atoms. The molecule has 0 fully saturated rings. The van der Waals surface area contributed by atoms with Crippen LogP contribution in [0.3, 0.4) is 0 Å². The van der Waals surface area contributed by atoms with Crippen molar-refractivity contribution in [2.45, 2.75) is 32.1 Å². The van der Waals surface area contributed by atoms with Crippen LogP contribution in [0, 0.1) is 21.8 Å². The predicted molar refractivity (Wildman–Crippen MR) is 76.9 cm³/mol. The summed E-state index contributed by atoms with van der Waals surface area (Å²) in [4.78, 5) is 9.41. The molecule has 0 heterocycles. The lowest BCUT2D eigenvalue weighted by Gasteiger charge is -2.23. The third kappa shape index (κ3) is 3.98. The Morgan fingerprint density at radius 1 is 1.38 bits per heavy atom. The first-order valence-electron chi connectivity index (χ1n) is 6.68. The Bertz CT molecular complexity index is 619. The highest BCUT2D eigenvalue weighted by molar-refractivity contribution is 7.89. The Hall–Kier alpha value is -1.54. The molecule has 21 heavy (non-hydrogen) atoms. The standard InChI is InChI=1S/C13H19FN2O4S/c1-4-10(3)9-15(5-2)21(19,20)11-6-7-13(16(17)18)12(14)8-11/h6-8,10H,4-5,9H2,1-3H3. The maximum Gasteiger partial charge on any atom is 0.304 e. The number of nitro groups is 1. The summed E-state index contributed by atoms with van der Waals surface area (Å²) in [6.07, 6.45) is 0.820. The maximum atomic E-state index is 13.6. The Labute approximate surface area is 123 Å². The van der Waals surface area contributed by atoms with E-state index >= 15 is 0 Å². The first-order valence-corrected chi connectivity index (χ1v) is 8.12. The van der Waals surface area contributed by atoms with Gasteiger partial charge in [-0.25, -0.2) is 8.42 Å². The van der Waals surface area contributed by atoms with Gasteiger partial charge in [0.1, 0.15) is 0 Å². The average Bonchev–Trinajstić information content (AvgIpc) is 2.43. The summed E-state index contributed by atoms with van der Waals surface area (Å²) in [5.74, 6) is -0.983. The maximum absolute atomic E-state index is 13.6. The molecular weight excluding hydrogens is 299 g/mol. The van der Waals surface area contributed by atoms with Crippen LogP contribution in [0.2, 0.25) is 0 Å². The highest BCUT2D eigenvalue weighted by atomic mass is 32.2. The smallest absolute Gasteiger partial charge is 0.258 e. The van der Waals surface area contributed by atoms with Crippen LogP contribution < -0.4 is 0 Å². The lowest BCUT2D eigenvalue weighted by atomic mass is 10.1. The molecule has 8 heteroatoms. The van der Waals surface area contributed by atoms with Gasteiger partial charge in [0.15, 0.2) is 0 Å². The lowest BCUT2D eigenvalue weighted by Crippen LogP contribution is -2.34. The van der Waals surface area contributed by atoms with Gasteiger partial charge < -0.3 is 0 Å². The molecule has 1 aromatic rings. The Balaban J connectivity index is 3.17. The largest absolute Gasteiger partial charge is 0.304 e. The van der Waals surface area contributed by atoms with E-state index in [0.29, 0.717) is 12.6 Å². The molecule has 0 N–H and O–H groups in total. The minimum absolute atomic E-state index is 0.169. The van der Waals surface area contributed by atoms with Gasteiger partial charge in [-0.1, -0.05) is 27.2 Å². The second-order valence-electron chi connectivity index (χ2n) is 4.84. The zero-order valence-corrected chi connectivity index (χ0v) is 13.1. The molecule has 6 nitrogen and oxygen atoms in total. The van der Waals surface area contributed by atoms with Gasteiger partial charge in [-0.15, -0.1) is 0 Å². The average molecular weight is 318 g/mol. The summed E-state index contributed by atoms with van der Waals surface area (Å²) in [7, 11) is -3.85. The van der Waals surface area contributed by atoms with Gasteiger partial charge in [0, 0.05) is 25.2 Å². The molecule has 0 aliphatic rings. The molecule has 0 amide bonds. The molecule has 1 unspecified atom stereocenters. The van der Waals surface area contributed by atoms with Crippen molar-refractivity contribution in [3.63, 3.8) is 0 Å². The molecule has 0 aromatic heterocycles. The number of hydrogen-bond donors (Lipinski definition) is 0. The van der Waals surface area contributed by atoms with Crippen LogP contribution in [-0.4, -0.2) is 30.7 Å². The molecule has 0 aliphatic heterocycles. The molecule has 118 valence electrons. The molecule has 0 radical (unpaired) electrons. The third-order valence-corrected chi connectivity index (χ3v) is 5.26. The van der Waals surface area contributed by atoms with Crippen LogP contribution in [0.4, 0.5) is 10.1 Å². The van der Waals surface area contributed by atoms with E-state index in [2.05, 4.69) is 0 Å². The Kier molecular flexibility index (Phi) is 5.79. The van der Waals surface area contributed by atoms with Crippen molar-refractivity contribution < 1.29 is 17.7 Å². The topological polar surface area (TPSA) is 80.5 Å². The van der Waals surface area contributed by atoms with Crippen LogP contribution >= 0.6 is 0 Å². The van der Waals surface area contributed by atoms with Crippen LogP contribution in [0.1, 0.15) is 27.2 Å². The summed E-state index contributed by atoms with van der Waals surface area (Å²) in [6.45, 7) is 6.16. The van der Waals surface area contributed by atoms with Crippen LogP contribution in [0.15, 0.2) is 23.1 Å². The van der Waals surface area contributed by atoms with E-state index < -0.39 is 26.5 Å². The number of sulfonamides is 1. The van der Waals surface area contributed by atoms with E-state index in [0.717, 1.165) is 18.6 Å². The van der Waals surface area contributed by atoms with Crippen LogP contribution in [0.25, 0.3) is 0 Å². The second-order valence-corrected chi connectivity index (χ2v) is 6.78. The van der Waals surface area contributed by atoms with Gasteiger partial charge in [-0.2, -0.15) is 8.70 Å². The van der Waals surface area contributed by atoms with E-state index in [1.807, 2.05) is 13.8 Å². The number of benzene rings is 1. The van der Waals surface area contributed by atoms with Gasteiger partial charge in [0.25, 0.3) is 0 Å². The third-order valence-electron chi connectivity index (χ3n) is 3.32. The summed E-state index contributed by atoms with van der Waals surface area (Å²) < 4.78 is 39.7. The van der Waals surface area contributed by atoms with Gasteiger partial charge >= 0.3 is 5.69 Å². The highest BCUT2D eigenvalue weighted by Crippen LogP contribution is 2.24.